The van der Waals surface area contributed by atoms with Gasteiger partial charge < -0.3 is 15.7 Å². The van der Waals surface area contributed by atoms with E-state index in [9.17, 15) is 0 Å². The molecule has 3 N–H and O–H groups in total. The van der Waals surface area contributed by atoms with E-state index in [1.165, 1.54) is 0 Å². The quantitative estimate of drug-likeness (QED) is 0.412. The fourth-order valence-corrected chi connectivity index (χ4v) is 1.50. The summed E-state index contributed by atoms with van der Waals surface area (Å²) >= 11 is 10.1. The van der Waals surface area contributed by atoms with Gasteiger partial charge in [-0.3, -0.25) is 0 Å². The molecule has 0 unspecified atom stereocenters. The molecule has 7 heteroatoms. The van der Waals surface area contributed by atoms with Gasteiger partial charge in [0.25, 0.3) is 0 Å². The summed E-state index contributed by atoms with van der Waals surface area (Å²) in [6, 6.07) is 0. The van der Waals surface area contributed by atoms with Gasteiger partial charge in [0.1, 0.15) is 0 Å². The van der Waals surface area contributed by atoms with Gasteiger partial charge in [0.05, 0.1) is 0 Å². The van der Waals surface area contributed by atoms with Crippen molar-refractivity contribution in [3.63, 3.8) is 0 Å². The second kappa shape index (κ2) is 11.5. The van der Waals surface area contributed by atoms with Crippen LogP contribution in [-0.2, 0) is 0 Å². The van der Waals surface area contributed by atoms with Crippen LogP contribution < -0.4 is 15.7 Å². The maximum atomic E-state index is 3.38. The van der Waals surface area contributed by atoms with Crippen molar-refractivity contribution in [2.45, 2.75) is 0 Å². The molecule has 0 spiro atoms. The van der Waals surface area contributed by atoms with E-state index in [1.807, 2.05) is 0 Å². The van der Waals surface area contributed by atoms with E-state index in [0.29, 0.717) is 0 Å². The highest BCUT2D eigenvalue weighted by Gasteiger charge is 2.11. The SMILES string of the molecule is BrCCNB(NCCBr)NCCBr. The highest BCUT2D eigenvalue weighted by molar-refractivity contribution is 9.09. The van der Waals surface area contributed by atoms with Gasteiger partial charge in [-0.1, -0.05) is 47.8 Å². The van der Waals surface area contributed by atoms with Crippen LogP contribution in [0.4, 0.5) is 0 Å². The summed E-state index contributed by atoms with van der Waals surface area (Å²) in [5, 5.41) is 12.9. The van der Waals surface area contributed by atoms with Crippen LogP contribution in [0, 0.1) is 0 Å². The Labute approximate surface area is 106 Å². The lowest BCUT2D eigenvalue weighted by atomic mass is 9.94. The van der Waals surface area contributed by atoms with E-state index in [2.05, 4.69) is 63.5 Å². The number of nitrogens with one attached hydrogen (secondary N) is 3. The minimum Gasteiger partial charge on any atom is -0.327 e. The smallest absolute Gasteiger partial charge is 0.327 e. The van der Waals surface area contributed by atoms with Gasteiger partial charge in [-0.25, -0.2) is 0 Å². The number of rotatable bonds is 9. The molecule has 0 saturated carbocycles. The zero-order valence-corrected chi connectivity index (χ0v) is 12.2. The Morgan fingerprint density at radius 3 is 1.23 bits per heavy atom. The third-order valence-corrected chi connectivity index (χ3v) is 2.52. The molecule has 0 aromatic rings. The summed E-state index contributed by atoms with van der Waals surface area (Å²) < 4.78 is 0. The molecule has 0 bridgehead atoms. The summed E-state index contributed by atoms with van der Waals surface area (Å²) in [6.07, 6.45) is 0. The number of halogens is 3. The highest BCUT2D eigenvalue weighted by Crippen LogP contribution is 1.79. The van der Waals surface area contributed by atoms with Gasteiger partial charge >= 0.3 is 7.12 Å². The molecular weight excluding hydrogens is 365 g/mol. The van der Waals surface area contributed by atoms with E-state index in [0.717, 1.165) is 35.6 Å². The molecule has 0 aromatic carbocycles. The Balaban J connectivity index is 3.47. The topological polar surface area (TPSA) is 36.1 Å². The van der Waals surface area contributed by atoms with Crippen LogP contribution in [0.3, 0.4) is 0 Å². The third-order valence-electron chi connectivity index (χ3n) is 1.33. The lowest BCUT2D eigenvalue weighted by Crippen LogP contribution is -2.59. The molecule has 0 aliphatic carbocycles. The molecule has 0 fully saturated rings. The minimum atomic E-state index is 0.202. The first-order chi connectivity index (χ1) is 6.35. The molecule has 0 saturated heterocycles. The lowest BCUT2D eigenvalue weighted by Gasteiger charge is -2.15. The van der Waals surface area contributed by atoms with Crippen molar-refractivity contribution in [2.75, 3.05) is 35.6 Å². The highest BCUT2D eigenvalue weighted by atomic mass is 79.9. The molecule has 13 heavy (non-hydrogen) atoms. The normalized spacial score (nSPS) is 10.4. The standard InChI is InChI=1S/C6H15BBr3N3/c8-1-4-11-7(12-5-2-9)13-6-3-10/h11-13H,1-6H2. The van der Waals surface area contributed by atoms with Crippen LogP contribution in [0.25, 0.3) is 0 Å². The van der Waals surface area contributed by atoms with Crippen LogP contribution >= 0.6 is 47.8 Å². The molecule has 0 rings (SSSR count). The number of alkyl halides is 3. The van der Waals surface area contributed by atoms with E-state index in [1.54, 1.807) is 0 Å². The van der Waals surface area contributed by atoms with Crippen molar-refractivity contribution < 1.29 is 0 Å². The Morgan fingerprint density at radius 1 is 0.692 bits per heavy atom. The van der Waals surface area contributed by atoms with Crippen molar-refractivity contribution in [1.29, 1.82) is 0 Å². The largest absolute Gasteiger partial charge is 0.395 e. The summed E-state index contributed by atoms with van der Waals surface area (Å²) in [6.45, 7) is 2.86. The van der Waals surface area contributed by atoms with Gasteiger partial charge in [-0.05, 0) is 19.6 Å². The zero-order chi connectivity index (χ0) is 9.94. The average Bonchev–Trinajstić information content (AvgIpc) is 2.17. The average molecular weight is 380 g/mol. The predicted molar refractivity (Wildman–Crippen MR) is 71.1 cm³/mol. The Hall–Kier alpha value is 1.38. The predicted octanol–water partition coefficient (Wildman–Crippen LogP) is 0.925. The zero-order valence-electron chi connectivity index (χ0n) is 7.45. The maximum Gasteiger partial charge on any atom is 0.395 e. The second-order valence-corrected chi connectivity index (χ2v) is 4.74. The van der Waals surface area contributed by atoms with E-state index < -0.39 is 0 Å². The Bertz CT molecular complexity index is 90.1. The first-order valence-electron chi connectivity index (χ1n) is 4.23. The van der Waals surface area contributed by atoms with Crippen LogP contribution in [0.15, 0.2) is 0 Å². The van der Waals surface area contributed by atoms with Crippen molar-refractivity contribution in [3.05, 3.63) is 0 Å². The molecule has 0 atom stereocenters. The van der Waals surface area contributed by atoms with Crippen LogP contribution in [0.2, 0.25) is 0 Å². The molecule has 0 heterocycles. The summed E-state index contributed by atoms with van der Waals surface area (Å²) in [5.41, 5.74) is 0. The summed E-state index contributed by atoms with van der Waals surface area (Å²) in [7, 11) is 0.202. The first kappa shape index (κ1) is 14.4. The maximum absolute atomic E-state index is 3.38. The second-order valence-electron chi connectivity index (χ2n) is 2.36. The molecule has 0 amide bonds. The van der Waals surface area contributed by atoms with Crippen molar-refractivity contribution in [3.8, 4) is 0 Å². The summed E-state index contributed by atoms with van der Waals surface area (Å²) in [5.74, 6) is 0. The summed E-state index contributed by atoms with van der Waals surface area (Å²) in [4.78, 5) is 0. The van der Waals surface area contributed by atoms with Gasteiger partial charge in [-0.15, -0.1) is 0 Å². The molecule has 78 valence electrons. The van der Waals surface area contributed by atoms with Gasteiger partial charge in [0, 0.05) is 16.0 Å². The van der Waals surface area contributed by atoms with E-state index >= 15 is 0 Å². The van der Waals surface area contributed by atoms with Crippen LogP contribution in [0.5, 0.6) is 0 Å². The lowest BCUT2D eigenvalue weighted by molar-refractivity contribution is 0.832. The van der Waals surface area contributed by atoms with Crippen molar-refractivity contribution >= 4 is 54.9 Å². The van der Waals surface area contributed by atoms with Crippen LogP contribution in [-0.4, -0.2) is 42.7 Å². The van der Waals surface area contributed by atoms with Crippen molar-refractivity contribution in [2.24, 2.45) is 0 Å². The molecule has 0 aliphatic rings. The fourth-order valence-electron chi connectivity index (χ4n) is 0.813. The van der Waals surface area contributed by atoms with Gasteiger partial charge in [0.15, 0.2) is 0 Å². The molecule has 3 nitrogen and oxygen atoms in total. The first-order valence-corrected chi connectivity index (χ1v) is 7.59. The third kappa shape index (κ3) is 9.68. The van der Waals surface area contributed by atoms with Gasteiger partial charge in [0.2, 0.25) is 0 Å². The molecule has 0 aromatic heterocycles. The molecule has 0 radical (unpaired) electrons. The monoisotopic (exact) mass is 377 g/mol. The fraction of sp³-hybridized carbons (Fsp3) is 1.00. The number of hydrogen-bond acceptors (Lipinski definition) is 3. The van der Waals surface area contributed by atoms with E-state index in [-0.39, 0.29) is 7.12 Å². The van der Waals surface area contributed by atoms with Gasteiger partial charge in [-0.2, -0.15) is 0 Å². The van der Waals surface area contributed by atoms with E-state index in [4.69, 9.17) is 0 Å². The molecular formula is C6H15BBr3N3. The number of hydrogen-bond donors (Lipinski definition) is 3. The molecule has 0 aliphatic heterocycles. The Morgan fingerprint density at radius 2 is 1.00 bits per heavy atom. The Kier molecular flexibility index (Phi) is 12.7. The minimum absolute atomic E-state index is 0.202. The van der Waals surface area contributed by atoms with Crippen molar-refractivity contribution in [1.82, 2.24) is 15.7 Å². The van der Waals surface area contributed by atoms with Crippen LogP contribution in [0.1, 0.15) is 0 Å².